The lowest BCUT2D eigenvalue weighted by Gasteiger charge is -2.30. The van der Waals surface area contributed by atoms with Crippen molar-refractivity contribution in [1.29, 1.82) is 0 Å². The van der Waals surface area contributed by atoms with Gasteiger partial charge in [-0.1, -0.05) is 54.1 Å². The van der Waals surface area contributed by atoms with E-state index in [-0.39, 0.29) is 5.78 Å². The van der Waals surface area contributed by atoms with Gasteiger partial charge in [-0.2, -0.15) is 0 Å². The number of para-hydroxylation sites is 1. The van der Waals surface area contributed by atoms with Gasteiger partial charge in [0.1, 0.15) is 0 Å². The third-order valence-electron chi connectivity index (χ3n) is 3.22. The van der Waals surface area contributed by atoms with Crippen molar-refractivity contribution in [3.63, 3.8) is 0 Å². The predicted molar refractivity (Wildman–Crippen MR) is 73.4 cm³/mol. The zero-order valence-electron chi connectivity index (χ0n) is 9.89. The van der Waals surface area contributed by atoms with Crippen LogP contribution in [0, 0.1) is 0 Å². The predicted octanol–water partition coefficient (Wildman–Crippen LogP) is 2.96. The molecule has 0 aliphatic carbocycles. The number of amides is 1. The highest BCUT2D eigenvalue weighted by molar-refractivity contribution is 6.51. The number of carbonyl (C=O) groups is 2. The van der Waals surface area contributed by atoms with Crippen LogP contribution in [-0.4, -0.2) is 11.7 Å². The number of ketones is 1. The lowest BCUT2D eigenvalue weighted by molar-refractivity contribution is -0.117. The second-order valence-electron chi connectivity index (χ2n) is 4.35. The Morgan fingerprint density at radius 3 is 2.26 bits per heavy atom. The molecule has 1 N–H and O–H groups in total. The Bertz CT molecular complexity index is 669. The summed E-state index contributed by atoms with van der Waals surface area (Å²) in [5.41, 5.74) is 1.42. The van der Waals surface area contributed by atoms with Crippen LogP contribution >= 0.6 is 11.6 Å². The van der Waals surface area contributed by atoms with Crippen LogP contribution in [0.25, 0.3) is 0 Å². The number of halogens is 1. The summed E-state index contributed by atoms with van der Waals surface area (Å²) in [6.07, 6.45) is 0. The number of carbonyl (C=O) groups excluding carboxylic acids is 2. The molecule has 94 valence electrons. The summed E-state index contributed by atoms with van der Waals surface area (Å²) in [4.78, 5) is 23.1. The van der Waals surface area contributed by atoms with E-state index in [0.717, 1.165) is 0 Å². The molecule has 0 saturated heterocycles. The molecular weight excluding hydrogens is 262 g/mol. The van der Waals surface area contributed by atoms with E-state index in [1.807, 2.05) is 6.07 Å². The Hall–Kier alpha value is -2.13. The van der Waals surface area contributed by atoms with Gasteiger partial charge in [0.25, 0.3) is 5.91 Å². The largest absolute Gasteiger partial charge is 0.323 e. The van der Waals surface area contributed by atoms with Gasteiger partial charge in [-0.15, -0.1) is 0 Å². The van der Waals surface area contributed by atoms with Crippen molar-refractivity contribution in [1.82, 2.24) is 0 Å². The molecule has 4 heteroatoms. The Morgan fingerprint density at radius 2 is 1.53 bits per heavy atom. The molecule has 1 aliphatic heterocycles. The maximum Gasteiger partial charge on any atom is 0.258 e. The maximum atomic E-state index is 12.6. The van der Waals surface area contributed by atoms with Crippen molar-refractivity contribution in [2.75, 3.05) is 5.32 Å². The summed E-state index contributed by atoms with van der Waals surface area (Å²) in [7, 11) is 0. The summed E-state index contributed by atoms with van der Waals surface area (Å²) in [6.45, 7) is 0. The molecule has 3 rings (SSSR count). The summed E-state index contributed by atoms with van der Waals surface area (Å²) >= 11 is 6.37. The second-order valence-corrected chi connectivity index (χ2v) is 4.92. The molecule has 2 aromatic carbocycles. The van der Waals surface area contributed by atoms with Crippen molar-refractivity contribution in [2.45, 2.75) is 4.87 Å². The topological polar surface area (TPSA) is 46.2 Å². The van der Waals surface area contributed by atoms with E-state index < -0.39 is 10.8 Å². The molecule has 2 aromatic rings. The number of anilines is 1. The Labute approximate surface area is 115 Å². The molecule has 1 unspecified atom stereocenters. The van der Waals surface area contributed by atoms with E-state index in [2.05, 4.69) is 5.32 Å². The fourth-order valence-electron chi connectivity index (χ4n) is 2.22. The number of Topliss-reactive ketones (excluding diaryl/α,β-unsaturated/α-hetero) is 1. The molecule has 0 fully saturated rings. The number of alkyl halides is 1. The molecule has 0 radical (unpaired) electrons. The minimum Gasteiger partial charge on any atom is -0.323 e. The first kappa shape index (κ1) is 11.9. The van der Waals surface area contributed by atoms with Gasteiger partial charge >= 0.3 is 0 Å². The van der Waals surface area contributed by atoms with Gasteiger partial charge in [0.05, 0.1) is 5.69 Å². The zero-order chi connectivity index (χ0) is 13.5. The van der Waals surface area contributed by atoms with Crippen LogP contribution in [0.4, 0.5) is 5.69 Å². The van der Waals surface area contributed by atoms with E-state index in [4.69, 9.17) is 11.6 Å². The van der Waals surface area contributed by atoms with Crippen LogP contribution in [0.5, 0.6) is 0 Å². The number of rotatable bonds is 1. The molecule has 1 heterocycles. The lowest BCUT2D eigenvalue weighted by Crippen LogP contribution is -2.46. The van der Waals surface area contributed by atoms with Crippen LogP contribution in [0.3, 0.4) is 0 Å². The molecule has 1 aliphatic rings. The normalized spacial score (nSPS) is 21.7. The van der Waals surface area contributed by atoms with Crippen LogP contribution in [-0.2, 0) is 9.67 Å². The molecule has 19 heavy (non-hydrogen) atoms. The number of hydrogen-bond donors (Lipinski definition) is 1. The number of hydrogen-bond acceptors (Lipinski definition) is 2. The van der Waals surface area contributed by atoms with Gasteiger partial charge in [0, 0.05) is 5.56 Å². The van der Waals surface area contributed by atoms with Gasteiger partial charge in [-0.05, 0) is 17.7 Å². The summed E-state index contributed by atoms with van der Waals surface area (Å²) in [5, 5.41) is 2.69. The number of nitrogens with one attached hydrogen (secondary N) is 1. The first-order chi connectivity index (χ1) is 9.14. The molecule has 3 nitrogen and oxygen atoms in total. The third kappa shape index (κ3) is 1.66. The van der Waals surface area contributed by atoms with Crippen molar-refractivity contribution in [3.8, 4) is 0 Å². The minimum atomic E-state index is -1.68. The molecule has 0 saturated carbocycles. The van der Waals surface area contributed by atoms with Crippen LogP contribution < -0.4 is 5.32 Å². The van der Waals surface area contributed by atoms with Crippen molar-refractivity contribution in [2.24, 2.45) is 0 Å². The van der Waals surface area contributed by atoms with Crippen LogP contribution in [0.15, 0.2) is 54.6 Å². The van der Waals surface area contributed by atoms with Crippen molar-refractivity contribution >= 4 is 29.0 Å². The standard InChI is InChI=1S/C15H10ClNO2/c16-15(10-6-2-1-3-7-10)13(18)11-8-4-5-9-12(11)17-14(15)19/h1-9H,(H,17,19). The van der Waals surface area contributed by atoms with Crippen molar-refractivity contribution in [3.05, 3.63) is 65.7 Å². The average Bonchev–Trinajstić information content (AvgIpc) is 2.46. The SMILES string of the molecule is O=C1Nc2ccccc2C(=O)C1(Cl)c1ccccc1. The smallest absolute Gasteiger partial charge is 0.258 e. The van der Waals surface area contributed by atoms with Gasteiger partial charge in [-0.3, -0.25) is 9.59 Å². The van der Waals surface area contributed by atoms with Crippen molar-refractivity contribution < 1.29 is 9.59 Å². The summed E-state index contributed by atoms with van der Waals surface area (Å²) in [6, 6.07) is 15.5. The molecule has 1 atom stereocenters. The first-order valence-electron chi connectivity index (χ1n) is 5.84. The fourth-order valence-corrected chi connectivity index (χ4v) is 2.49. The number of benzene rings is 2. The average molecular weight is 272 g/mol. The number of fused-ring (bicyclic) bond motifs is 1. The highest BCUT2D eigenvalue weighted by Gasteiger charge is 2.49. The van der Waals surface area contributed by atoms with E-state index in [0.29, 0.717) is 16.8 Å². The van der Waals surface area contributed by atoms with E-state index >= 15 is 0 Å². The van der Waals surface area contributed by atoms with Gasteiger partial charge in [-0.25, -0.2) is 0 Å². The molecule has 0 spiro atoms. The Kier molecular flexibility index (Phi) is 2.64. The van der Waals surface area contributed by atoms with E-state index in [9.17, 15) is 9.59 Å². The van der Waals surface area contributed by atoms with Gasteiger partial charge in [0.15, 0.2) is 5.78 Å². The first-order valence-corrected chi connectivity index (χ1v) is 6.21. The lowest BCUT2D eigenvalue weighted by atomic mass is 9.85. The van der Waals surface area contributed by atoms with E-state index in [1.54, 1.807) is 48.5 Å². The third-order valence-corrected chi connectivity index (χ3v) is 3.78. The second kappa shape index (κ2) is 4.21. The zero-order valence-corrected chi connectivity index (χ0v) is 10.6. The quantitative estimate of drug-likeness (QED) is 0.640. The monoisotopic (exact) mass is 271 g/mol. The summed E-state index contributed by atoms with van der Waals surface area (Å²) < 4.78 is 0. The minimum absolute atomic E-state index is 0.389. The van der Waals surface area contributed by atoms with Crippen LogP contribution in [0.2, 0.25) is 0 Å². The van der Waals surface area contributed by atoms with Gasteiger partial charge < -0.3 is 5.32 Å². The maximum absolute atomic E-state index is 12.6. The molecule has 0 aromatic heterocycles. The molecule has 0 bridgehead atoms. The molecule has 1 amide bonds. The van der Waals surface area contributed by atoms with Gasteiger partial charge in [0.2, 0.25) is 4.87 Å². The van der Waals surface area contributed by atoms with E-state index in [1.165, 1.54) is 0 Å². The Morgan fingerprint density at radius 1 is 0.895 bits per heavy atom. The fraction of sp³-hybridized carbons (Fsp3) is 0.0667. The summed E-state index contributed by atoms with van der Waals surface area (Å²) in [5.74, 6) is -0.899. The highest BCUT2D eigenvalue weighted by Crippen LogP contribution is 2.39. The van der Waals surface area contributed by atoms with Crippen LogP contribution in [0.1, 0.15) is 15.9 Å². The highest BCUT2D eigenvalue weighted by atomic mass is 35.5. The molecular formula is C15H10ClNO2. The Balaban J connectivity index is 2.19.